The van der Waals surface area contributed by atoms with Gasteiger partial charge in [0.05, 0.1) is 12.8 Å². The fourth-order valence-corrected chi connectivity index (χ4v) is 2.54. The average molecular weight is 256 g/mol. The van der Waals surface area contributed by atoms with E-state index in [9.17, 15) is 0 Å². The third-order valence-corrected chi connectivity index (χ3v) is 3.55. The summed E-state index contributed by atoms with van der Waals surface area (Å²) in [5.74, 6) is 1.07. The molecule has 0 spiro atoms. The van der Waals surface area contributed by atoms with Crippen LogP contribution in [0.3, 0.4) is 0 Å². The number of nitrogens with zero attached hydrogens (tertiary/aromatic N) is 3. The molecule has 0 radical (unpaired) electrons. The molecule has 1 aliphatic rings. The summed E-state index contributed by atoms with van der Waals surface area (Å²) in [5.41, 5.74) is 0.957. The van der Waals surface area contributed by atoms with Crippen LogP contribution in [0.15, 0.2) is 6.07 Å². The number of likely N-dealkylation sites (tertiary alicyclic amines) is 1. The topological polar surface area (TPSA) is 38.2 Å². The minimum atomic E-state index is 0.400. The lowest BCUT2D eigenvalue weighted by Crippen LogP contribution is -2.20. The van der Waals surface area contributed by atoms with Gasteiger partial charge in [0, 0.05) is 6.54 Å². The molecule has 0 bridgehead atoms. The van der Waals surface area contributed by atoms with Crippen molar-refractivity contribution in [3.8, 4) is 5.88 Å². The van der Waals surface area contributed by atoms with Gasteiger partial charge in [-0.2, -0.15) is 5.10 Å². The smallest absolute Gasteiger partial charge is 0.252 e. The second kappa shape index (κ2) is 5.65. The molecule has 0 N–H and O–H groups in total. The van der Waals surface area contributed by atoms with Gasteiger partial charge in [0.2, 0.25) is 0 Å². The van der Waals surface area contributed by atoms with Gasteiger partial charge in [0.25, 0.3) is 5.88 Å². The second-order valence-corrected chi connectivity index (χ2v) is 4.85. The van der Waals surface area contributed by atoms with Crippen molar-refractivity contribution in [3.63, 3.8) is 0 Å². The average Bonchev–Trinajstić information content (AvgIpc) is 2.77. The van der Waals surface area contributed by atoms with E-state index in [0.29, 0.717) is 16.8 Å². The Morgan fingerprint density at radius 1 is 1.53 bits per heavy atom. The molecule has 0 amide bonds. The minimum absolute atomic E-state index is 0.400. The first-order chi connectivity index (χ1) is 8.22. The fourth-order valence-electron chi connectivity index (χ4n) is 2.29. The molecule has 4 nitrogen and oxygen atoms in total. The van der Waals surface area contributed by atoms with E-state index < -0.39 is 0 Å². The van der Waals surface area contributed by atoms with E-state index in [-0.39, 0.29) is 0 Å². The molecule has 5 heteroatoms. The zero-order valence-electron chi connectivity index (χ0n) is 10.3. The van der Waals surface area contributed by atoms with E-state index in [1.807, 2.05) is 6.07 Å². The molecule has 2 heterocycles. The van der Waals surface area contributed by atoms with Crippen LogP contribution in [0.5, 0.6) is 5.88 Å². The SMILES string of the molecule is CCN1CCC(Cc2cc(Cl)c(OC)nn2)C1. The first-order valence-electron chi connectivity index (χ1n) is 6.01. The normalized spacial score (nSPS) is 20.8. The number of hydrogen-bond acceptors (Lipinski definition) is 4. The third-order valence-electron chi connectivity index (χ3n) is 3.28. The molecule has 1 aromatic rings. The van der Waals surface area contributed by atoms with E-state index >= 15 is 0 Å². The van der Waals surface area contributed by atoms with Gasteiger partial charge < -0.3 is 9.64 Å². The molecule has 17 heavy (non-hydrogen) atoms. The maximum Gasteiger partial charge on any atom is 0.252 e. The Labute approximate surface area is 107 Å². The summed E-state index contributed by atoms with van der Waals surface area (Å²) in [6.07, 6.45) is 2.19. The molecule has 1 saturated heterocycles. The summed E-state index contributed by atoms with van der Waals surface area (Å²) in [5, 5.41) is 8.65. The molecular weight excluding hydrogens is 238 g/mol. The van der Waals surface area contributed by atoms with Crippen LogP contribution in [0.4, 0.5) is 0 Å². The van der Waals surface area contributed by atoms with Gasteiger partial charge >= 0.3 is 0 Å². The van der Waals surface area contributed by atoms with Crippen LogP contribution < -0.4 is 4.74 Å². The lowest BCUT2D eigenvalue weighted by atomic mass is 10.0. The van der Waals surface area contributed by atoms with Gasteiger partial charge in [-0.05, 0) is 37.9 Å². The molecule has 2 rings (SSSR count). The highest BCUT2D eigenvalue weighted by Crippen LogP contribution is 2.24. The van der Waals surface area contributed by atoms with Crippen LogP contribution in [0.25, 0.3) is 0 Å². The highest BCUT2D eigenvalue weighted by atomic mass is 35.5. The Morgan fingerprint density at radius 2 is 2.35 bits per heavy atom. The lowest BCUT2D eigenvalue weighted by molar-refractivity contribution is 0.341. The maximum absolute atomic E-state index is 6.03. The predicted octanol–water partition coefficient (Wildman–Crippen LogP) is 2.02. The first-order valence-corrected chi connectivity index (χ1v) is 6.39. The predicted molar refractivity (Wildman–Crippen MR) is 67.5 cm³/mol. The number of aromatic nitrogens is 2. The molecule has 1 unspecified atom stereocenters. The van der Waals surface area contributed by atoms with Crippen molar-refractivity contribution in [2.24, 2.45) is 5.92 Å². The van der Waals surface area contributed by atoms with Gasteiger partial charge in [0.15, 0.2) is 0 Å². The molecule has 1 atom stereocenters. The Bertz CT molecular complexity index is 386. The Hall–Kier alpha value is -0.870. The fraction of sp³-hybridized carbons (Fsp3) is 0.667. The van der Waals surface area contributed by atoms with E-state index in [1.165, 1.54) is 13.0 Å². The van der Waals surface area contributed by atoms with Crippen LogP contribution in [-0.4, -0.2) is 41.8 Å². The Morgan fingerprint density at radius 3 is 2.94 bits per heavy atom. The number of methoxy groups -OCH3 is 1. The number of rotatable bonds is 4. The lowest BCUT2D eigenvalue weighted by Gasteiger charge is -2.12. The van der Waals surface area contributed by atoms with E-state index in [1.54, 1.807) is 7.11 Å². The summed E-state index contributed by atoms with van der Waals surface area (Å²) in [6.45, 7) is 5.68. The van der Waals surface area contributed by atoms with Crippen molar-refractivity contribution in [1.29, 1.82) is 0 Å². The molecule has 1 aromatic heterocycles. The summed E-state index contributed by atoms with van der Waals surface area (Å²) in [4.78, 5) is 2.46. The first kappa shape index (κ1) is 12.6. The van der Waals surface area contributed by atoms with Gasteiger partial charge in [-0.3, -0.25) is 0 Å². The van der Waals surface area contributed by atoms with Crippen molar-refractivity contribution < 1.29 is 4.74 Å². The van der Waals surface area contributed by atoms with Gasteiger partial charge in [-0.25, -0.2) is 0 Å². The van der Waals surface area contributed by atoms with Crippen molar-refractivity contribution >= 4 is 11.6 Å². The zero-order chi connectivity index (χ0) is 12.3. The van der Waals surface area contributed by atoms with Crippen LogP contribution in [-0.2, 0) is 6.42 Å². The van der Waals surface area contributed by atoms with E-state index in [4.69, 9.17) is 16.3 Å². The number of ether oxygens (including phenoxy) is 1. The van der Waals surface area contributed by atoms with Crippen LogP contribution >= 0.6 is 11.6 Å². The van der Waals surface area contributed by atoms with E-state index in [0.717, 1.165) is 25.2 Å². The van der Waals surface area contributed by atoms with Gasteiger partial charge in [-0.1, -0.05) is 18.5 Å². The monoisotopic (exact) mass is 255 g/mol. The van der Waals surface area contributed by atoms with Crippen LogP contribution in [0.2, 0.25) is 5.02 Å². The van der Waals surface area contributed by atoms with Crippen molar-refractivity contribution in [2.75, 3.05) is 26.7 Å². The van der Waals surface area contributed by atoms with E-state index in [2.05, 4.69) is 22.0 Å². The van der Waals surface area contributed by atoms with Crippen LogP contribution in [0.1, 0.15) is 19.0 Å². The van der Waals surface area contributed by atoms with Crippen molar-refractivity contribution in [1.82, 2.24) is 15.1 Å². The number of hydrogen-bond donors (Lipinski definition) is 0. The zero-order valence-corrected chi connectivity index (χ0v) is 11.1. The molecule has 0 saturated carbocycles. The summed E-state index contributed by atoms with van der Waals surface area (Å²) >= 11 is 6.03. The highest BCUT2D eigenvalue weighted by molar-refractivity contribution is 6.31. The van der Waals surface area contributed by atoms with Crippen molar-refractivity contribution in [3.05, 3.63) is 16.8 Å². The molecule has 94 valence electrons. The van der Waals surface area contributed by atoms with Gasteiger partial charge in [0.1, 0.15) is 5.02 Å². The maximum atomic E-state index is 6.03. The summed E-state index contributed by atoms with van der Waals surface area (Å²) in [7, 11) is 1.55. The number of halogens is 1. The molecule has 1 aliphatic heterocycles. The van der Waals surface area contributed by atoms with Crippen molar-refractivity contribution in [2.45, 2.75) is 19.8 Å². The molecule has 0 aromatic carbocycles. The van der Waals surface area contributed by atoms with Gasteiger partial charge in [-0.15, -0.1) is 5.10 Å². The summed E-state index contributed by atoms with van der Waals surface area (Å²) < 4.78 is 4.99. The molecule has 1 fully saturated rings. The largest absolute Gasteiger partial charge is 0.479 e. The Kier molecular flexibility index (Phi) is 4.18. The quantitative estimate of drug-likeness (QED) is 0.825. The minimum Gasteiger partial charge on any atom is -0.479 e. The third kappa shape index (κ3) is 3.07. The molecular formula is C12H18ClN3O. The summed E-state index contributed by atoms with van der Waals surface area (Å²) in [6, 6.07) is 1.86. The standard InChI is InChI=1S/C12H18ClN3O/c1-3-16-5-4-9(8-16)6-10-7-11(13)12(17-2)15-14-10/h7,9H,3-6,8H2,1-2H3. The molecule has 0 aliphatic carbocycles. The second-order valence-electron chi connectivity index (χ2n) is 4.44. The van der Waals surface area contributed by atoms with Crippen LogP contribution in [0, 0.1) is 5.92 Å². The highest BCUT2D eigenvalue weighted by Gasteiger charge is 2.22. The Balaban J connectivity index is 1.97.